The number of benzene rings is 1. The van der Waals surface area contributed by atoms with E-state index >= 15 is 0 Å². The molecule has 0 aliphatic heterocycles. The SMILES string of the molecule is COc1ccc(CCCC(C)O)cc1F. The highest BCUT2D eigenvalue weighted by Gasteiger charge is 2.03. The summed E-state index contributed by atoms with van der Waals surface area (Å²) in [5.41, 5.74) is 0.939. The molecule has 0 amide bonds. The summed E-state index contributed by atoms with van der Waals surface area (Å²) < 4.78 is 18.1. The van der Waals surface area contributed by atoms with Crippen molar-refractivity contribution in [3.8, 4) is 5.75 Å². The molecule has 1 atom stereocenters. The summed E-state index contributed by atoms with van der Waals surface area (Å²) >= 11 is 0. The van der Waals surface area contributed by atoms with Crippen LogP contribution in [0.1, 0.15) is 25.3 Å². The van der Waals surface area contributed by atoms with Crippen LogP contribution in [0.5, 0.6) is 5.75 Å². The van der Waals surface area contributed by atoms with Gasteiger partial charge in [0.2, 0.25) is 0 Å². The first-order valence-electron chi connectivity index (χ1n) is 5.14. The van der Waals surface area contributed by atoms with E-state index in [-0.39, 0.29) is 17.7 Å². The lowest BCUT2D eigenvalue weighted by Gasteiger charge is -2.06. The average Bonchev–Trinajstić information content (AvgIpc) is 2.17. The van der Waals surface area contributed by atoms with Crippen LogP contribution in [-0.2, 0) is 6.42 Å². The van der Waals surface area contributed by atoms with Gasteiger partial charge < -0.3 is 9.84 Å². The van der Waals surface area contributed by atoms with Crippen molar-refractivity contribution < 1.29 is 14.2 Å². The van der Waals surface area contributed by atoms with E-state index in [0.717, 1.165) is 24.8 Å². The molecular formula is C12H17FO2. The third-order valence-corrected chi connectivity index (χ3v) is 2.30. The average molecular weight is 212 g/mol. The number of hydrogen-bond donors (Lipinski definition) is 1. The maximum absolute atomic E-state index is 13.3. The van der Waals surface area contributed by atoms with Crippen LogP contribution < -0.4 is 4.74 Å². The van der Waals surface area contributed by atoms with Gasteiger partial charge in [-0.15, -0.1) is 0 Å². The van der Waals surface area contributed by atoms with Gasteiger partial charge in [0.25, 0.3) is 0 Å². The Hall–Kier alpha value is -1.09. The smallest absolute Gasteiger partial charge is 0.165 e. The van der Waals surface area contributed by atoms with Crippen LogP contribution in [0.4, 0.5) is 4.39 Å². The van der Waals surface area contributed by atoms with Crippen molar-refractivity contribution in [1.82, 2.24) is 0 Å². The van der Waals surface area contributed by atoms with Gasteiger partial charge in [0.05, 0.1) is 13.2 Å². The Balaban J connectivity index is 2.52. The maximum atomic E-state index is 13.3. The monoisotopic (exact) mass is 212 g/mol. The molecule has 0 aromatic heterocycles. The second-order valence-corrected chi connectivity index (χ2v) is 3.71. The van der Waals surface area contributed by atoms with E-state index in [1.54, 1.807) is 13.0 Å². The summed E-state index contributed by atoms with van der Waals surface area (Å²) in [5.74, 6) is -0.0543. The molecule has 0 spiro atoms. The van der Waals surface area contributed by atoms with E-state index in [9.17, 15) is 4.39 Å². The summed E-state index contributed by atoms with van der Waals surface area (Å²) in [6.45, 7) is 1.76. The molecular weight excluding hydrogens is 195 g/mol. The van der Waals surface area contributed by atoms with Crippen molar-refractivity contribution in [2.45, 2.75) is 32.3 Å². The highest BCUT2D eigenvalue weighted by molar-refractivity contribution is 5.29. The fourth-order valence-corrected chi connectivity index (χ4v) is 1.47. The summed E-state index contributed by atoms with van der Waals surface area (Å²) in [6.07, 6.45) is 2.11. The van der Waals surface area contributed by atoms with Gasteiger partial charge in [-0.25, -0.2) is 4.39 Å². The number of hydrogen-bond acceptors (Lipinski definition) is 2. The fourth-order valence-electron chi connectivity index (χ4n) is 1.47. The van der Waals surface area contributed by atoms with Gasteiger partial charge in [0.1, 0.15) is 0 Å². The van der Waals surface area contributed by atoms with Crippen LogP contribution in [0, 0.1) is 5.82 Å². The van der Waals surface area contributed by atoms with Gasteiger partial charge in [0, 0.05) is 0 Å². The van der Waals surface area contributed by atoms with E-state index in [1.165, 1.54) is 13.2 Å². The third kappa shape index (κ3) is 3.88. The van der Waals surface area contributed by atoms with Crippen LogP contribution in [0.15, 0.2) is 18.2 Å². The Kier molecular flexibility index (Phi) is 4.56. The number of aliphatic hydroxyl groups excluding tert-OH is 1. The van der Waals surface area contributed by atoms with E-state index in [4.69, 9.17) is 9.84 Å². The van der Waals surface area contributed by atoms with Crippen LogP contribution in [-0.4, -0.2) is 18.3 Å². The molecule has 1 unspecified atom stereocenters. The quantitative estimate of drug-likeness (QED) is 0.812. The Morgan fingerprint density at radius 3 is 2.73 bits per heavy atom. The molecule has 1 aromatic rings. The minimum atomic E-state index is -0.327. The number of aliphatic hydroxyl groups is 1. The van der Waals surface area contributed by atoms with Crippen molar-refractivity contribution >= 4 is 0 Å². The summed E-state index contributed by atoms with van der Waals surface area (Å²) in [5, 5.41) is 9.07. The zero-order valence-electron chi connectivity index (χ0n) is 9.16. The number of ether oxygens (including phenoxy) is 1. The standard InChI is InChI=1S/C12H17FO2/c1-9(14)4-3-5-10-6-7-12(15-2)11(13)8-10/h6-9,14H,3-5H2,1-2H3. The second-order valence-electron chi connectivity index (χ2n) is 3.71. The van der Waals surface area contributed by atoms with E-state index in [1.807, 2.05) is 6.07 Å². The second kappa shape index (κ2) is 5.71. The lowest BCUT2D eigenvalue weighted by atomic mass is 10.1. The van der Waals surface area contributed by atoms with Crippen LogP contribution in [0.3, 0.4) is 0 Å². The first-order chi connectivity index (χ1) is 7.13. The first kappa shape index (κ1) is 12.0. The molecule has 0 aliphatic carbocycles. The summed E-state index contributed by atoms with van der Waals surface area (Å²) in [6, 6.07) is 4.97. The van der Waals surface area contributed by atoms with E-state index in [2.05, 4.69) is 0 Å². The molecule has 0 bridgehead atoms. The summed E-state index contributed by atoms with van der Waals surface area (Å²) in [7, 11) is 1.45. The zero-order chi connectivity index (χ0) is 11.3. The van der Waals surface area contributed by atoms with E-state index in [0.29, 0.717) is 0 Å². The van der Waals surface area contributed by atoms with Gasteiger partial charge in [-0.1, -0.05) is 6.07 Å². The third-order valence-electron chi connectivity index (χ3n) is 2.30. The minimum absolute atomic E-state index is 0.272. The van der Waals surface area contributed by atoms with Gasteiger partial charge in [-0.2, -0.15) is 0 Å². The molecule has 0 fully saturated rings. The minimum Gasteiger partial charge on any atom is -0.494 e. The van der Waals surface area contributed by atoms with Crippen LogP contribution in [0.25, 0.3) is 0 Å². The molecule has 84 valence electrons. The molecule has 1 aromatic carbocycles. The number of methoxy groups -OCH3 is 1. The Morgan fingerprint density at radius 2 is 2.20 bits per heavy atom. The molecule has 3 heteroatoms. The largest absolute Gasteiger partial charge is 0.494 e. The molecule has 0 saturated carbocycles. The fraction of sp³-hybridized carbons (Fsp3) is 0.500. The van der Waals surface area contributed by atoms with Gasteiger partial charge in [-0.3, -0.25) is 0 Å². The van der Waals surface area contributed by atoms with Gasteiger partial charge >= 0.3 is 0 Å². The molecule has 15 heavy (non-hydrogen) atoms. The van der Waals surface area contributed by atoms with E-state index < -0.39 is 0 Å². The highest BCUT2D eigenvalue weighted by atomic mass is 19.1. The molecule has 0 saturated heterocycles. The molecule has 1 N–H and O–H groups in total. The zero-order valence-corrected chi connectivity index (χ0v) is 9.16. The highest BCUT2D eigenvalue weighted by Crippen LogP contribution is 2.18. The Labute approximate surface area is 89.7 Å². The molecule has 0 heterocycles. The Morgan fingerprint density at radius 1 is 1.47 bits per heavy atom. The predicted molar refractivity (Wildman–Crippen MR) is 57.6 cm³/mol. The molecule has 0 radical (unpaired) electrons. The van der Waals surface area contributed by atoms with Crippen LogP contribution in [0.2, 0.25) is 0 Å². The number of aryl methyl sites for hydroxylation is 1. The predicted octanol–water partition coefficient (Wildman–Crippen LogP) is 2.54. The summed E-state index contributed by atoms with van der Waals surface area (Å²) in [4.78, 5) is 0. The normalized spacial score (nSPS) is 12.5. The van der Waals surface area contributed by atoms with Crippen molar-refractivity contribution in [3.05, 3.63) is 29.6 Å². The first-order valence-corrected chi connectivity index (χ1v) is 5.14. The molecule has 0 aliphatic rings. The number of halogens is 1. The lowest BCUT2D eigenvalue weighted by molar-refractivity contribution is 0.181. The van der Waals surface area contributed by atoms with Crippen molar-refractivity contribution in [1.29, 1.82) is 0 Å². The van der Waals surface area contributed by atoms with Gasteiger partial charge in [-0.05, 0) is 43.9 Å². The maximum Gasteiger partial charge on any atom is 0.165 e. The van der Waals surface area contributed by atoms with Crippen molar-refractivity contribution in [3.63, 3.8) is 0 Å². The Bertz CT molecular complexity index is 310. The number of rotatable bonds is 5. The molecule has 1 rings (SSSR count). The van der Waals surface area contributed by atoms with Gasteiger partial charge in [0.15, 0.2) is 11.6 Å². The van der Waals surface area contributed by atoms with Crippen molar-refractivity contribution in [2.24, 2.45) is 0 Å². The molecule has 2 nitrogen and oxygen atoms in total. The lowest BCUT2D eigenvalue weighted by Crippen LogP contribution is -2.00. The van der Waals surface area contributed by atoms with Crippen molar-refractivity contribution in [2.75, 3.05) is 7.11 Å². The van der Waals surface area contributed by atoms with Crippen LogP contribution >= 0.6 is 0 Å². The topological polar surface area (TPSA) is 29.5 Å².